The van der Waals surface area contributed by atoms with Gasteiger partial charge in [-0.15, -0.1) is 0 Å². The normalized spacial score (nSPS) is 12.4. The van der Waals surface area contributed by atoms with Gasteiger partial charge in [0, 0.05) is 17.1 Å². The third kappa shape index (κ3) is 5.75. The van der Waals surface area contributed by atoms with E-state index >= 15 is 0 Å². The minimum absolute atomic E-state index is 0.277. The van der Waals surface area contributed by atoms with Crippen LogP contribution in [0.1, 0.15) is 31.7 Å². The third-order valence-electron chi connectivity index (χ3n) is 4.63. The number of nitrogens with zero attached hydrogens (tertiary/aromatic N) is 1. The van der Waals surface area contributed by atoms with Gasteiger partial charge in [0.2, 0.25) is 0 Å². The summed E-state index contributed by atoms with van der Waals surface area (Å²) < 4.78 is 20.2. The fourth-order valence-corrected chi connectivity index (χ4v) is 3.11. The second-order valence-corrected chi connectivity index (χ2v) is 7.10. The number of hydrogen-bond acceptors (Lipinski definition) is 3. The average Bonchev–Trinajstić information content (AvgIpc) is 2.71. The Morgan fingerprint density at radius 3 is 2.79 bits per heavy atom. The first kappa shape index (κ1) is 20.7. The fraction of sp³-hybridized carbons (Fsp3) is 0.240. The molecule has 0 aliphatic carbocycles. The topological polar surface area (TPSA) is 42.4 Å². The molecule has 0 aliphatic rings. The minimum Gasteiger partial charge on any atom is -0.490 e. The number of rotatable bonds is 9. The highest BCUT2D eigenvalue weighted by Crippen LogP contribution is 2.27. The van der Waals surface area contributed by atoms with Crippen LogP contribution in [0, 0.1) is 5.82 Å². The summed E-state index contributed by atoms with van der Waals surface area (Å²) in [5.74, 6) is 0.455. The molecule has 0 spiro atoms. The summed E-state index contributed by atoms with van der Waals surface area (Å²) in [6, 6.07) is 12.8. The van der Waals surface area contributed by atoms with E-state index in [0.717, 1.165) is 41.3 Å². The second-order valence-electron chi connectivity index (χ2n) is 7.10. The quantitative estimate of drug-likeness (QED) is 0.350. The molecule has 0 bridgehead atoms. The van der Waals surface area contributed by atoms with Gasteiger partial charge in [-0.2, -0.15) is 0 Å². The predicted octanol–water partition coefficient (Wildman–Crippen LogP) is 6.17. The van der Waals surface area contributed by atoms with Crippen LogP contribution in [-0.4, -0.2) is 22.8 Å². The van der Waals surface area contributed by atoms with Crippen molar-refractivity contribution in [2.75, 3.05) is 6.61 Å². The van der Waals surface area contributed by atoms with Gasteiger partial charge in [0.05, 0.1) is 11.8 Å². The number of allylic oxidation sites excluding steroid dienone is 1. The van der Waals surface area contributed by atoms with Crippen LogP contribution in [0.3, 0.4) is 0 Å². The molecule has 2 aromatic carbocycles. The Balaban J connectivity index is 1.75. The number of pyridine rings is 1. The highest BCUT2D eigenvalue weighted by atomic mass is 19.1. The molecule has 3 rings (SSSR count). The molecular formula is C25H26FNO2. The van der Waals surface area contributed by atoms with Crippen LogP contribution >= 0.6 is 0 Å². The largest absolute Gasteiger partial charge is 0.490 e. The van der Waals surface area contributed by atoms with Crippen molar-refractivity contribution >= 4 is 16.8 Å². The maximum Gasteiger partial charge on any atom is 0.133 e. The number of fused-ring (bicyclic) bond motifs is 1. The van der Waals surface area contributed by atoms with Crippen LogP contribution in [0.5, 0.6) is 5.75 Å². The molecule has 1 unspecified atom stereocenters. The zero-order valence-corrected chi connectivity index (χ0v) is 16.6. The molecule has 1 aromatic heterocycles. The first-order valence-corrected chi connectivity index (χ1v) is 9.85. The van der Waals surface area contributed by atoms with E-state index in [-0.39, 0.29) is 11.9 Å². The standard InChI is InChI=1S/C25H26FNO2/c1-3-13-29-22-11-10-20-16-25(27-17-21(20)15-22)23-12-9-19(14-24(23)26)8-6-4-5-7-18(2)28/h3,6,8-12,14-18,28H,1,4-5,7,13H2,2H3. The number of hydrogen-bond donors (Lipinski definition) is 1. The van der Waals surface area contributed by atoms with Crippen LogP contribution < -0.4 is 4.74 Å². The number of unbranched alkanes of at least 4 members (excludes halogenated alkanes) is 1. The number of halogens is 1. The molecular weight excluding hydrogens is 365 g/mol. The first-order valence-electron chi connectivity index (χ1n) is 9.85. The molecule has 3 aromatic rings. The molecule has 1 atom stereocenters. The molecule has 4 heteroatoms. The van der Waals surface area contributed by atoms with Crippen molar-refractivity contribution in [2.24, 2.45) is 0 Å². The maximum atomic E-state index is 14.7. The number of benzene rings is 2. The van der Waals surface area contributed by atoms with E-state index in [0.29, 0.717) is 17.9 Å². The SMILES string of the molecule is C=CCOc1ccc2cc(-c3ccc(C=CCCCC(C)O)cc3F)ncc2c1. The van der Waals surface area contributed by atoms with Gasteiger partial charge in [0.25, 0.3) is 0 Å². The van der Waals surface area contributed by atoms with Gasteiger partial charge in [0.15, 0.2) is 0 Å². The molecule has 0 aliphatic heterocycles. The second kappa shape index (κ2) is 9.99. The van der Waals surface area contributed by atoms with E-state index in [1.54, 1.807) is 25.3 Å². The lowest BCUT2D eigenvalue weighted by Crippen LogP contribution is -1.97. The van der Waals surface area contributed by atoms with Gasteiger partial charge < -0.3 is 9.84 Å². The zero-order chi connectivity index (χ0) is 20.6. The fourth-order valence-electron chi connectivity index (χ4n) is 3.11. The zero-order valence-electron chi connectivity index (χ0n) is 16.6. The Hall–Kier alpha value is -2.98. The highest BCUT2D eigenvalue weighted by molar-refractivity contribution is 5.86. The van der Waals surface area contributed by atoms with E-state index < -0.39 is 0 Å². The summed E-state index contributed by atoms with van der Waals surface area (Å²) in [6.07, 6.45) is 9.62. The van der Waals surface area contributed by atoms with Crippen LogP contribution in [-0.2, 0) is 0 Å². The lowest BCUT2D eigenvalue weighted by molar-refractivity contribution is 0.182. The predicted molar refractivity (Wildman–Crippen MR) is 117 cm³/mol. The first-order chi connectivity index (χ1) is 14.1. The lowest BCUT2D eigenvalue weighted by atomic mass is 10.0. The van der Waals surface area contributed by atoms with Crippen molar-refractivity contribution in [1.29, 1.82) is 0 Å². The van der Waals surface area contributed by atoms with Gasteiger partial charge in [0.1, 0.15) is 18.2 Å². The molecule has 150 valence electrons. The summed E-state index contributed by atoms with van der Waals surface area (Å²) in [4.78, 5) is 4.43. The van der Waals surface area contributed by atoms with Crippen molar-refractivity contribution in [2.45, 2.75) is 32.3 Å². The summed E-state index contributed by atoms with van der Waals surface area (Å²) in [5, 5.41) is 11.2. The molecule has 0 radical (unpaired) electrons. The molecule has 1 N–H and O–H groups in total. The molecule has 0 saturated heterocycles. The molecule has 0 amide bonds. The van der Waals surface area contributed by atoms with E-state index in [4.69, 9.17) is 4.74 Å². The van der Waals surface area contributed by atoms with Gasteiger partial charge in [-0.25, -0.2) is 4.39 Å². The molecule has 0 fully saturated rings. The Bertz CT molecular complexity index is 1010. The summed E-state index contributed by atoms with van der Waals surface area (Å²) in [5.41, 5.74) is 1.89. The third-order valence-corrected chi connectivity index (χ3v) is 4.63. The highest BCUT2D eigenvalue weighted by Gasteiger charge is 2.08. The molecule has 0 saturated carbocycles. The van der Waals surface area contributed by atoms with Crippen LogP contribution in [0.4, 0.5) is 4.39 Å². The molecule has 3 nitrogen and oxygen atoms in total. The smallest absolute Gasteiger partial charge is 0.133 e. The van der Waals surface area contributed by atoms with Crippen molar-refractivity contribution in [3.8, 4) is 17.0 Å². The average molecular weight is 391 g/mol. The van der Waals surface area contributed by atoms with E-state index in [1.165, 1.54) is 6.07 Å². The Kier molecular flexibility index (Phi) is 7.14. The van der Waals surface area contributed by atoms with Crippen molar-refractivity contribution in [1.82, 2.24) is 4.98 Å². The Labute approximate surface area is 171 Å². The molecule has 1 heterocycles. The maximum absolute atomic E-state index is 14.7. The number of aromatic nitrogens is 1. The Morgan fingerprint density at radius 1 is 1.17 bits per heavy atom. The summed E-state index contributed by atoms with van der Waals surface area (Å²) in [6.45, 7) is 5.88. The van der Waals surface area contributed by atoms with Gasteiger partial charge in [-0.05, 0) is 67.5 Å². The summed E-state index contributed by atoms with van der Waals surface area (Å²) >= 11 is 0. The number of ether oxygens (including phenoxy) is 1. The minimum atomic E-state index is -0.297. The van der Waals surface area contributed by atoms with E-state index in [9.17, 15) is 9.50 Å². The number of aliphatic hydroxyl groups is 1. The van der Waals surface area contributed by atoms with Gasteiger partial charge in [-0.3, -0.25) is 4.98 Å². The van der Waals surface area contributed by atoms with Crippen molar-refractivity contribution in [3.63, 3.8) is 0 Å². The monoisotopic (exact) mass is 391 g/mol. The molecule has 29 heavy (non-hydrogen) atoms. The Morgan fingerprint density at radius 2 is 2.03 bits per heavy atom. The van der Waals surface area contributed by atoms with E-state index in [1.807, 2.05) is 42.5 Å². The van der Waals surface area contributed by atoms with Gasteiger partial charge in [-0.1, -0.05) is 36.9 Å². The van der Waals surface area contributed by atoms with E-state index in [2.05, 4.69) is 11.6 Å². The van der Waals surface area contributed by atoms with Crippen molar-refractivity contribution < 1.29 is 14.2 Å². The summed E-state index contributed by atoms with van der Waals surface area (Å²) in [7, 11) is 0. The van der Waals surface area contributed by atoms with Crippen LogP contribution in [0.2, 0.25) is 0 Å². The van der Waals surface area contributed by atoms with Crippen molar-refractivity contribution in [3.05, 3.63) is 78.8 Å². The number of aliphatic hydroxyl groups excluding tert-OH is 1. The lowest BCUT2D eigenvalue weighted by Gasteiger charge is -2.08. The van der Waals surface area contributed by atoms with Gasteiger partial charge >= 0.3 is 0 Å². The van der Waals surface area contributed by atoms with Crippen LogP contribution in [0.25, 0.3) is 28.1 Å². The van der Waals surface area contributed by atoms with Crippen LogP contribution in [0.15, 0.2) is 67.4 Å².